The lowest BCUT2D eigenvalue weighted by Gasteiger charge is -2.40. The SMILES string of the molecule is CC(C)c1nccn1CC1CN(c2ccc(C#N)cn2)C1. The average molecular weight is 281 g/mol. The summed E-state index contributed by atoms with van der Waals surface area (Å²) in [7, 11) is 0. The molecular formula is C16H19N5. The van der Waals surface area contributed by atoms with Gasteiger partial charge in [0.1, 0.15) is 17.7 Å². The Morgan fingerprint density at radius 2 is 2.14 bits per heavy atom. The van der Waals surface area contributed by atoms with Crippen LogP contribution >= 0.6 is 0 Å². The number of pyridine rings is 1. The fourth-order valence-electron chi connectivity index (χ4n) is 2.77. The maximum Gasteiger partial charge on any atom is 0.128 e. The second-order valence-electron chi connectivity index (χ2n) is 5.88. The summed E-state index contributed by atoms with van der Waals surface area (Å²) in [6.07, 6.45) is 5.58. The van der Waals surface area contributed by atoms with Crippen LogP contribution in [-0.2, 0) is 6.54 Å². The average Bonchev–Trinajstić information content (AvgIpc) is 2.91. The van der Waals surface area contributed by atoms with Gasteiger partial charge in [-0.05, 0) is 12.1 Å². The largest absolute Gasteiger partial charge is 0.356 e. The zero-order valence-electron chi connectivity index (χ0n) is 12.4. The molecule has 1 fully saturated rings. The highest BCUT2D eigenvalue weighted by atomic mass is 15.2. The van der Waals surface area contributed by atoms with Crippen molar-refractivity contribution in [1.82, 2.24) is 14.5 Å². The van der Waals surface area contributed by atoms with Gasteiger partial charge in [-0.15, -0.1) is 0 Å². The molecule has 21 heavy (non-hydrogen) atoms. The van der Waals surface area contributed by atoms with Crippen molar-refractivity contribution in [2.24, 2.45) is 5.92 Å². The Bertz CT molecular complexity index is 644. The lowest BCUT2D eigenvalue weighted by molar-refractivity contribution is 0.349. The Kier molecular flexibility index (Phi) is 3.61. The van der Waals surface area contributed by atoms with Crippen LogP contribution in [0.4, 0.5) is 5.82 Å². The maximum absolute atomic E-state index is 8.78. The third kappa shape index (κ3) is 2.75. The van der Waals surface area contributed by atoms with E-state index in [4.69, 9.17) is 5.26 Å². The van der Waals surface area contributed by atoms with Crippen LogP contribution < -0.4 is 4.90 Å². The summed E-state index contributed by atoms with van der Waals surface area (Å²) in [4.78, 5) is 11.0. The van der Waals surface area contributed by atoms with Crippen LogP contribution in [0.15, 0.2) is 30.7 Å². The lowest BCUT2D eigenvalue weighted by atomic mass is 9.99. The van der Waals surface area contributed by atoms with Crippen molar-refractivity contribution < 1.29 is 0 Å². The monoisotopic (exact) mass is 281 g/mol. The molecule has 0 atom stereocenters. The molecule has 0 saturated carbocycles. The van der Waals surface area contributed by atoms with Crippen LogP contribution in [0, 0.1) is 17.2 Å². The van der Waals surface area contributed by atoms with Crippen LogP contribution in [0.5, 0.6) is 0 Å². The Morgan fingerprint density at radius 3 is 2.76 bits per heavy atom. The quantitative estimate of drug-likeness (QED) is 0.863. The Balaban J connectivity index is 1.58. The van der Waals surface area contributed by atoms with Crippen molar-refractivity contribution in [3.63, 3.8) is 0 Å². The topological polar surface area (TPSA) is 57.7 Å². The second kappa shape index (κ2) is 5.57. The first kappa shape index (κ1) is 13.6. The van der Waals surface area contributed by atoms with E-state index in [9.17, 15) is 0 Å². The van der Waals surface area contributed by atoms with E-state index in [1.54, 1.807) is 6.20 Å². The molecule has 0 N–H and O–H groups in total. The first-order chi connectivity index (χ1) is 10.2. The molecule has 0 unspecified atom stereocenters. The van der Waals surface area contributed by atoms with Crippen molar-refractivity contribution >= 4 is 5.82 Å². The molecule has 2 aromatic heterocycles. The molecule has 2 aromatic rings. The van der Waals surface area contributed by atoms with Gasteiger partial charge in [-0.2, -0.15) is 5.26 Å². The van der Waals surface area contributed by atoms with E-state index >= 15 is 0 Å². The normalized spacial score (nSPS) is 15.0. The van der Waals surface area contributed by atoms with Crippen LogP contribution in [0.2, 0.25) is 0 Å². The van der Waals surface area contributed by atoms with Gasteiger partial charge in [0.15, 0.2) is 0 Å². The molecule has 0 aliphatic carbocycles. The highest BCUT2D eigenvalue weighted by molar-refractivity contribution is 5.44. The first-order valence-electron chi connectivity index (χ1n) is 7.29. The van der Waals surface area contributed by atoms with Crippen molar-refractivity contribution in [1.29, 1.82) is 5.26 Å². The zero-order chi connectivity index (χ0) is 14.8. The lowest BCUT2D eigenvalue weighted by Crippen LogP contribution is -2.49. The molecular weight excluding hydrogens is 262 g/mol. The van der Waals surface area contributed by atoms with Gasteiger partial charge in [0, 0.05) is 50.1 Å². The summed E-state index contributed by atoms with van der Waals surface area (Å²) in [5.74, 6) is 3.20. The van der Waals surface area contributed by atoms with Gasteiger partial charge in [0.2, 0.25) is 0 Å². The number of rotatable bonds is 4. The number of hydrogen-bond donors (Lipinski definition) is 0. The van der Waals surface area contributed by atoms with Crippen molar-refractivity contribution in [2.45, 2.75) is 26.3 Å². The zero-order valence-corrected chi connectivity index (χ0v) is 12.4. The summed E-state index contributed by atoms with van der Waals surface area (Å²) >= 11 is 0. The summed E-state index contributed by atoms with van der Waals surface area (Å²) in [6.45, 7) is 7.38. The molecule has 5 nitrogen and oxygen atoms in total. The number of anilines is 1. The second-order valence-corrected chi connectivity index (χ2v) is 5.88. The third-order valence-electron chi connectivity index (χ3n) is 3.88. The van der Waals surface area contributed by atoms with E-state index in [2.05, 4.69) is 45.5 Å². The van der Waals surface area contributed by atoms with Crippen molar-refractivity contribution in [3.8, 4) is 6.07 Å². The minimum atomic E-state index is 0.455. The highest BCUT2D eigenvalue weighted by Gasteiger charge is 2.28. The van der Waals surface area contributed by atoms with Crippen LogP contribution in [-0.4, -0.2) is 27.6 Å². The van der Waals surface area contributed by atoms with Gasteiger partial charge in [0.25, 0.3) is 0 Å². The van der Waals surface area contributed by atoms with E-state index in [0.29, 0.717) is 17.4 Å². The fourth-order valence-corrected chi connectivity index (χ4v) is 2.77. The van der Waals surface area contributed by atoms with Gasteiger partial charge >= 0.3 is 0 Å². The number of nitrogens with zero attached hydrogens (tertiary/aromatic N) is 5. The van der Waals surface area contributed by atoms with E-state index in [1.807, 2.05) is 18.3 Å². The molecule has 0 amide bonds. The molecule has 0 bridgehead atoms. The fraction of sp³-hybridized carbons (Fsp3) is 0.438. The Labute approximate surface area is 124 Å². The van der Waals surface area contributed by atoms with Crippen LogP contribution in [0.1, 0.15) is 31.2 Å². The van der Waals surface area contributed by atoms with Crippen molar-refractivity contribution in [2.75, 3.05) is 18.0 Å². The maximum atomic E-state index is 8.78. The van der Waals surface area contributed by atoms with E-state index in [-0.39, 0.29) is 0 Å². The minimum Gasteiger partial charge on any atom is -0.356 e. The molecule has 1 aliphatic heterocycles. The predicted octanol–water partition coefficient (Wildman–Crippen LogP) is 2.41. The van der Waals surface area contributed by atoms with Gasteiger partial charge in [0.05, 0.1) is 5.56 Å². The highest BCUT2D eigenvalue weighted by Crippen LogP contribution is 2.25. The number of hydrogen-bond acceptors (Lipinski definition) is 4. The number of aromatic nitrogens is 3. The smallest absolute Gasteiger partial charge is 0.128 e. The number of nitriles is 1. The molecule has 108 valence electrons. The van der Waals surface area contributed by atoms with Gasteiger partial charge in [-0.25, -0.2) is 9.97 Å². The summed E-state index contributed by atoms with van der Waals surface area (Å²) in [5.41, 5.74) is 0.607. The van der Waals surface area contributed by atoms with Gasteiger partial charge in [-0.3, -0.25) is 0 Å². The molecule has 0 aromatic carbocycles. The number of imidazole rings is 1. The standard InChI is InChI=1S/C16H19N5/c1-12(2)16-18-5-6-20(16)9-14-10-21(11-14)15-4-3-13(7-17)8-19-15/h3-6,8,12,14H,9-11H2,1-2H3. The molecule has 0 spiro atoms. The summed E-state index contributed by atoms with van der Waals surface area (Å²) in [5, 5.41) is 8.78. The van der Waals surface area contributed by atoms with Crippen molar-refractivity contribution in [3.05, 3.63) is 42.1 Å². The molecule has 1 aliphatic rings. The van der Waals surface area contributed by atoms with E-state index < -0.39 is 0 Å². The Hall–Kier alpha value is -2.35. The van der Waals surface area contributed by atoms with Crippen LogP contribution in [0.3, 0.4) is 0 Å². The molecule has 3 rings (SSSR count). The summed E-state index contributed by atoms with van der Waals surface area (Å²) < 4.78 is 2.26. The third-order valence-corrected chi connectivity index (χ3v) is 3.88. The predicted molar refractivity (Wildman–Crippen MR) is 81.0 cm³/mol. The van der Waals surface area contributed by atoms with E-state index in [0.717, 1.165) is 31.3 Å². The molecule has 1 saturated heterocycles. The Morgan fingerprint density at radius 1 is 1.33 bits per heavy atom. The molecule has 5 heteroatoms. The summed E-state index contributed by atoms with van der Waals surface area (Å²) in [6, 6.07) is 5.84. The van der Waals surface area contributed by atoms with Crippen LogP contribution in [0.25, 0.3) is 0 Å². The van der Waals surface area contributed by atoms with E-state index in [1.165, 1.54) is 0 Å². The first-order valence-corrected chi connectivity index (χ1v) is 7.29. The van der Waals surface area contributed by atoms with Gasteiger partial charge < -0.3 is 9.47 Å². The minimum absolute atomic E-state index is 0.455. The molecule has 3 heterocycles. The van der Waals surface area contributed by atoms with Gasteiger partial charge in [-0.1, -0.05) is 13.8 Å². The molecule has 0 radical (unpaired) electrons.